The van der Waals surface area contributed by atoms with Gasteiger partial charge in [0.15, 0.2) is 6.04 Å². The van der Waals surface area contributed by atoms with Gasteiger partial charge < -0.3 is 9.80 Å². The second-order valence-electron chi connectivity index (χ2n) is 8.59. The molecule has 2 aromatic rings. The third-order valence-electron chi connectivity index (χ3n) is 6.03. The van der Waals surface area contributed by atoms with Crippen molar-refractivity contribution in [3.8, 4) is 0 Å². The van der Waals surface area contributed by atoms with Gasteiger partial charge in [0.2, 0.25) is 17.0 Å². The van der Waals surface area contributed by atoms with Gasteiger partial charge in [0.1, 0.15) is 0 Å². The van der Waals surface area contributed by atoms with E-state index >= 15 is 0 Å². The lowest BCUT2D eigenvalue weighted by atomic mass is 10.1. The maximum absolute atomic E-state index is 13.2. The fourth-order valence-electron chi connectivity index (χ4n) is 4.24. The van der Waals surface area contributed by atoms with Crippen molar-refractivity contribution in [2.75, 3.05) is 41.0 Å². The van der Waals surface area contributed by atoms with Crippen molar-refractivity contribution in [3.63, 3.8) is 0 Å². The Morgan fingerprint density at radius 1 is 0.879 bits per heavy atom. The molecule has 0 N–H and O–H groups in total. The highest BCUT2D eigenvalue weighted by atomic mass is 32.1. The molecular formula is C21H28N10OS. The van der Waals surface area contributed by atoms with Crippen LogP contribution in [0.2, 0.25) is 0 Å². The zero-order chi connectivity index (χ0) is 22.8. The highest BCUT2D eigenvalue weighted by Crippen LogP contribution is 2.27. The normalized spacial score (nSPS) is 21.9. The zero-order valence-corrected chi connectivity index (χ0v) is 19.8. The zero-order valence-electron chi connectivity index (χ0n) is 19.0. The summed E-state index contributed by atoms with van der Waals surface area (Å²) in [6, 6.07) is -0.803. The second kappa shape index (κ2) is 9.46. The van der Waals surface area contributed by atoms with Crippen LogP contribution in [-0.2, 0) is 4.79 Å². The Bertz CT molecular complexity index is 1030. The fraction of sp³-hybridized carbons (Fsp3) is 0.619. The number of anilines is 3. The number of piperidine rings is 2. The number of hydrazone groups is 1. The smallest absolute Gasteiger partial charge is 0.282 e. The first-order chi connectivity index (χ1) is 16.1. The third kappa shape index (κ3) is 4.70. The molecule has 0 saturated carbocycles. The third-order valence-corrected chi connectivity index (χ3v) is 6.83. The summed E-state index contributed by atoms with van der Waals surface area (Å²) in [5.74, 6) is 1.16. The average molecular weight is 469 g/mol. The fourth-order valence-corrected chi connectivity index (χ4v) is 4.82. The van der Waals surface area contributed by atoms with Crippen molar-refractivity contribution < 1.29 is 4.79 Å². The van der Waals surface area contributed by atoms with E-state index in [-0.39, 0.29) is 11.9 Å². The van der Waals surface area contributed by atoms with Crippen LogP contribution in [0.15, 0.2) is 21.5 Å². The summed E-state index contributed by atoms with van der Waals surface area (Å²) in [7, 11) is 0. The minimum atomic E-state index is -0.803. The largest absolute Gasteiger partial charge is 0.341 e. The van der Waals surface area contributed by atoms with Gasteiger partial charge in [-0.3, -0.25) is 4.79 Å². The first-order valence-corrected chi connectivity index (χ1v) is 12.4. The van der Waals surface area contributed by atoms with E-state index in [0.717, 1.165) is 56.7 Å². The van der Waals surface area contributed by atoms with Crippen LogP contribution in [0.4, 0.5) is 23.0 Å². The first kappa shape index (κ1) is 21.8. The lowest BCUT2D eigenvalue weighted by Crippen LogP contribution is -2.36. The Morgan fingerprint density at radius 2 is 1.45 bits per heavy atom. The van der Waals surface area contributed by atoms with Crippen LogP contribution in [0.1, 0.15) is 50.3 Å². The van der Waals surface area contributed by atoms with E-state index in [1.54, 1.807) is 13.1 Å². The van der Waals surface area contributed by atoms with E-state index in [4.69, 9.17) is 4.98 Å². The number of aryl methyl sites for hydroxylation is 1. The maximum Gasteiger partial charge on any atom is 0.282 e. The minimum Gasteiger partial charge on any atom is -0.341 e. The highest BCUT2D eigenvalue weighted by Gasteiger charge is 2.37. The van der Waals surface area contributed by atoms with Gasteiger partial charge in [-0.1, -0.05) is 11.3 Å². The number of nitrogens with zero attached hydrogens (tertiary/aromatic N) is 10. The molecule has 0 aliphatic carbocycles. The van der Waals surface area contributed by atoms with Crippen LogP contribution in [0.5, 0.6) is 0 Å². The van der Waals surface area contributed by atoms with Gasteiger partial charge in [0.25, 0.3) is 11.9 Å². The predicted octanol–water partition coefficient (Wildman–Crippen LogP) is 3.49. The number of carbonyl (C=O) groups excluding carboxylic acids is 1. The number of azo groups is 1. The molecule has 5 heterocycles. The van der Waals surface area contributed by atoms with Gasteiger partial charge in [0.05, 0.1) is 5.71 Å². The molecule has 0 aromatic carbocycles. The van der Waals surface area contributed by atoms with E-state index in [0.29, 0.717) is 22.7 Å². The summed E-state index contributed by atoms with van der Waals surface area (Å²) in [6.07, 6.45) is 8.60. The summed E-state index contributed by atoms with van der Waals surface area (Å²) >= 11 is 1.43. The van der Waals surface area contributed by atoms with Gasteiger partial charge in [0, 0.05) is 37.3 Å². The maximum atomic E-state index is 13.2. The minimum absolute atomic E-state index is 0.248. The molecule has 0 radical (unpaired) electrons. The van der Waals surface area contributed by atoms with Gasteiger partial charge in [-0.15, -0.1) is 5.11 Å². The number of hydrogen-bond donors (Lipinski definition) is 0. The Hall–Kier alpha value is -3.02. The molecule has 33 heavy (non-hydrogen) atoms. The van der Waals surface area contributed by atoms with Crippen LogP contribution < -0.4 is 14.8 Å². The SMILES string of the molecule is CC1=NN(c2nc(N3CCCCC3)nc(N3CCCCC3)n2)C(=O)C1N=Nc1ncc(C)s1. The quantitative estimate of drug-likeness (QED) is 0.617. The van der Waals surface area contributed by atoms with E-state index < -0.39 is 6.04 Å². The number of aromatic nitrogens is 4. The molecule has 12 heteroatoms. The summed E-state index contributed by atoms with van der Waals surface area (Å²) in [5.41, 5.74) is 0.552. The Kier molecular flexibility index (Phi) is 6.25. The summed E-state index contributed by atoms with van der Waals surface area (Å²) in [5, 5.41) is 14.6. The predicted molar refractivity (Wildman–Crippen MR) is 128 cm³/mol. The number of amides is 1. The molecule has 0 bridgehead atoms. The standard InChI is InChI=1S/C21H28N10OS/c1-14-13-22-21(33-14)27-26-16-15(2)28-31(17(16)32)20-24-18(29-9-5-3-6-10-29)23-19(25-20)30-11-7-4-8-12-30/h13,16H,3-12H2,1-2H3. The molecule has 1 unspecified atom stereocenters. The highest BCUT2D eigenvalue weighted by molar-refractivity contribution is 7.15. The Balaban J connectivity index is 1.44. The van der Waals surface area contributed by atoms with Crippen LogP contribution in [0, 0.1) is 6.92 Å². The molecule has 2 saturated heterocycles. The van der Waals surface area contributed by atoms with Crippen molar-refractivity contribution in [2.45, 2.75) is 58.4 Å². The average Bonchev–Trinajstić information content (AvgIpc) is 3.40. The molecule has 3 aliphatic rings. The molecule has 2 fully saturated rings. The molecule has 1 atom stereocenters. The van der Waals surface area contributed by atoms with Gasteiger partial charge in [-0.2, -0.15) is 30.2 Å². The lowest BCUT2D eigenvalue weighted by molar-refractivity contribution is -0.118. The van der Waals surface area contributed by atoms with Gasteiger partial charge >= 0.3 is 0 Å². The monoisotopic (exact) mass is 468 g/mol. The molecule has 0 spiro atoms. The molecule has 11 nitrogen and oxygen atoms in total. The Morgan fingerprint density at radius 3 is 2.00 bits per heavy atom. The molecule has 174 valence electrons. The summed E-state index contributed by atoms with van der Waals surface area (Å²) in [6.45, 7) is 7.35. The van der Waals surface area contributed by atoms with Crippen molar-refractivity contribution in [1.29, 1.82) is 0 Å². The number of thiazole rings is 1. The van der Waals surface area contributed by atoms with Crippen LogP contribution >= 0.6 is 11.3 Å². The van der Waals surface area contributed by atoms with Crippen LogP contribution in [0.25, 0.3) is 0 Å². The van der Waals surface area contributed by atoms with E-state index in [1.165, 1.54) is 29.2 Å². The number of rotatable bonds is 5. The van der Waals surface area contributed by atoms with Crippen molar-refractivity contribution in [3.05, 3.63) is 11.1 Å². The van der Waals surface area contributed by atoms with Gasteiger partial charge in [-0.25, -0.2) is 4.98 Å². The summed E-state index contributed by atoms with van der Waals surface area (Å²) < 4.78 is 0. The lowest BCUT2D eigenvalue weighted by Gasteiger charge is -2.30. The molecular weight excluding hydrogens is 440 g/mol. The first-order valence-electron chi connectivity index (χ1n) is 11.6. The van der Waals surface area contributed by atoms with Crippen LogP contribution in [0.3, 0.4) is 0 Å². The van der Waals surface area contributed by atoms with E-state index in [2.05, 4.69) is 40.1 Å². The van der Waals surface area contributed by atoms with Crippen molar-refractivity contribution in [2.24, 2.45) is 15.3 Å². The van der Waals surface area contributed by atoms with Crippen molar-refractivity contribution in [1.82, 2.24) is 19.9 Å². The summed E-state index contributed by atoms with van der Waals surface area (Å²) in [4.78, 5) is 36.9. The topological polar surface area (TPSA) is 115 Å². The molecule has 5 rings (SSSR count). The van der Waals surface area contributed by atoms with E-state index in [1.807, 2.05) is 6.92 Å². The van der Waals surface area contributed by atoms with Gasteiger partial charge in [-0.05, 0) is 52.4 Å². The Labute approximate surface area is 196 Å². The number of hydrogen-bond acceptors (Lipinski definition) is 11. The molecule has 3 aliphatic heterocycles. The molecule has 1 amide bonds. The van der Waals surface area contributed by atoms with Crippen LogP contribution in [-0.4, -0.2) is 63.8 Å². The molecule has 2 aromatic heterocycles. The second-order valence-corrected chi connectivity index (χ2v) is 9.81. The number of carbonyl (C=O) groups is 1. The van der Waals surface area contributed by atoms with Crippen molar-refractivity contribution >= 4 is 45.9 Å². The van der Waals surface area contributed by atoms with E-state index in [9.17, 15) is 4.79 Å².